The van der Waals surface area contributed by atoms with Crippen molar-refractivity contribution in [3.63, 3.8) is 0 Å². The molecule has 0 aliphatic heterocycles. The third kappa shape index (κ3) is 2.06. The summed E-state index contributed by atoms with van der Waals surface area (Å²) in [5, 5.41) is 0.0981. The van der Waals surface area contributed by atoms with Gasteiger partial charge >= 0.3 is 0 Å². The summed E-state index contributed by atoms with van der Waals surface area (Å²) in [6.45, 7) is 0.564. The predicted octanol–water partition coefficient (Wildman–Crippen LogP) is 1.13. The van der Waals surface area contributed by atoms with Gasteiger partial charge < -0.3 is 9.55 Å². The number of hydrogen-bond donors (Lipinski definition) is 1. The lowest BCUT2D eigenvalue weighted by Gasteiger charge is -2.09. The standard InChI is InChI=1S/C14H11N3O2/c18-13-12-11(6-7-15-13)17(9-16-14(12)19)8-10-4-2-1-3-5-10/h1-7,9H,8H2,(H,15,18). The van der Waals surface area contributed by atoms with E-state index in [0.717, 1.165) is 5.56 Å². The third-order valence-electron chi connectivity index (χ3n) is 2.97. The Morgan fingerprint density at radius 1 is 1.11 bits per heavy atom. The van der Waals surface area contributed by atoms with E-state index in [-0.39, 0.29) is 5.39 Å². The van der Waals surface area contributed by atoms with Gasteiger partial charge in [-0.3, -0.25) is 9.59 Å². The fourth-order valence-electron chi connectivity index (χ4n) is 2.07. The molecule has 0 fully saturated rings. The number of aromatic nitrogens is 3. The summed E-state index contributed by atoms with van der Waals surface area (Å²) in [6.07, 6.45) is 3.00. The van der Waals surface area contributed by atoms with Crippen molar-refractivity contribution in [3.8, 4) is 0 Å². The number of H-pyrrole nitrogens is 1. The summed E-state index contributed by atoms with van der Waals surface area (Å²) in [7, 11) is 0. The molecule has 1 N–H and O–H groups in total. The molecule has 0 amide bonds. The van der Waals surface area contributed by atoms with Crippen molar-refractivity contribution in [1.29, 1.82) is 0 Å². The van der Waals surface area contributed by atoms with Crippen LogP contribution in [0.1, 0.15) is 5.56 Å². The highest BCUT2D eigenvalue weighted by molar-refractivity contribution is 5.76. The molecule has 2 heterocycles. The lowest BCUT2D eigenvalue weighted by Crippen LogP contribution is -2.21. The normalized spacial score (nSPS) is 10.7. The van der Waals surface area contributed by atoms with Gasteiger partial charge in [-0.2, -0.15) is 4.98 Å². The van der Waals surface area contributed by atoms with E-state index < -0.39 is 11.1 Å². The average Bonchev–Trinajstić information content (AvgIpc) is 2.43. The summed E-state index contributed by atoms with van der Waals surface area (Å²) in [6, 6.07) is 11.5. The van der Waals surface area contributed by atoms with Gasteiger partial charge in [-0.05, 0) is 11.6 Å². The first kappa shape index (κ1) is 11.4. The zero-order valence-electron chi connectivity index (χ0n) is 10.0. The highest BCUT2D eigenvalue weighted by atomic mass is 16.1. The van der Waals surface area contributed by atoms with E-state index in [2.05, 4.69) is 9.97 Å². The number of nitrogens with one attached hydrogen (secondary N) is 1. The number of nitrogens with zero attached hydrogens (tertiary/aromatic N) is 2. The van der Waals surface area contributed by atoms with Crippen molar-refractivity contribution >= 4 is 10.9 Å². The zero-order valence-corrected chi connectivity index (χ0v) is 10.0. The van der Waals surface area contributed by atoms with Crippen LogP contribution in [0.15, 0.2) is 58.5 Å². The van der Waals surface area contributed by atoms with Crippen LogP contribution in [0.2, 0.25) is 0 Å². The molecule has 0 aliphatic rings. The molecule has 0 saturated carbocycles. The molecule has 0 spiro atoms. The quantitative estimate of drug-likeness (QED) is 0.744. The van der Waals surface area contributed by atoms with E-state index in [4.69, 9.17) is 0 Å². The molecule has 1 aromatic carbocycles. The van der Waals surface area contributed by atoms with E-state index in [1.54, 1.807) is 10.6 Å². The van der Waals surface area contributed by atoms with Crippen molar-refractivity contribution in [2.75, 3.05) is 0 Å². The van der Waals surface area contributed by atoms with E-state index in [1.807, 2.05) is 30.3 Å². The third-order valence-corrected chi connectivity index (χ3v) is 2.97. The summed E-state index contributed by atoms with van der Waals surface area (Å²) in [5.74, 6) is 0. The minimum atomic E-state index is -0.499. The van der Waals surface area contributed by atoms with Crippen LogP contribution in [0.5, 0.6) is 0 Å². The number of fused-ring (bicyclic) bond motifs is 1. The molecule has 5 heteroatoms. The zero-order chi connectivity index (χ0) is 13.2. The van der Waals surface area contributed by atoms with E-state index in [9.17, 15) is 9.59 Å². The Balaban J connectivity index is 2.21. The molecule has 94 valence electrons. The predicted molar refractivity (Wildman–Crippen MR) is 72.2 cm³/mol. The molecule has 0 bridgehead atoms. The van der Waals surface area contributed by atoms with Crippen LogP contribution < -0.4 is 11.1 Å². The number of rotatable bonds is 2. The second-order valence-electron chi connectivity index (χ2n) is 4.23. The Bertz CT molecular complexity index is 821. The maximum absolute atomic E-state index is 11.7. The molecule has 0 unspecified atom stereocenters. The lowest BCUT2D eigenvalue weighted by atomic mass is 10.2. The van der Waals surface area contributed by atoms with Crippen molar-refractivity contribution in [2.24, 2.45) is 0 Å². The Labute approximate surface area is 108 Å². The molecule has 0 aliphatic carbocycles. The summed E-state index contributed by atoms with van der Waals surface area (Å²) in [5.41, 5.74) is 0.765. The molecule has 5 nitrogen and oxygen atoms in total. The van der Waals surface area contributed by atoms with Gasteiger partial charge in [0.15, 0.2) is 0 Å². The van der Waals surface area contributed by atoms with Crippen LogP contribution in [0.25, 0.3) is 10.9 Å². The molecule has 0 saturated heterocycles. The number of pyridine rings is 1. The van der Waals surface area contributed by atoms with Gasteiger partial charge in [-0.25, -0.2) is 0 Å². The maximum atomic E-state index is 11.7. The summed E-state index contributed by atoms with van der Waals surface area (Å²) in [4.78, 5) is 29.6. The van der Waals surface area contributed by atoms with E-state index >= 15 is 0 Å². The molecular weight excluding hydrogens is 242 g/mol. The molecule has 3 aromatic rings. The lowest BCUT2D eigenvalue weighted by molar-refractivity contribution is 0.796. The SMILES string of the molecule is O=c1ncn(Cc2ccccc2)c2cc[nH]c(=O)c12. The first-order valence-electron chi connectivity index (χ1n) is 5.86. The van der Waals surface area contributed by atoms with Crippen LogP contribution in [-0.2, 0) is 6.54 Å². The van der Waals surface area contributed by atoms with E-state index in [0.29, 0.717) is 12.1 Å². The largest absolute Gasteiger partial charge is 0.328 e. The van der Waals surface area contributed by atoms with Crippen LogP contribution >= 0.6 is 0 Å². The summed E-state index contributed by atoms with van der Waals surface area (Å²) >= 11 is 0. The topological polar surface area (TPSA) is 67.8 Å². The second-order valence-corrected chi connectivity index (χ2v) is 4.23. The van der Waals surface area contributed by atoms with Gasteiger partial charge in [0.05, 0.1) is 11.8 Å². The minimum Gasteiger partial charge on any atom is -0.328 e. The highest BCUT2D eigenvalue weighted by Crippen LogP contribution is 2.07. The van der Waals surface area contributed by atoms with Crippen molar-refractivity contribution < 1.29 is 0 Å². The molecular formula is C14H11N3O2. The second kappa shape index (κ2) is 4.53. The maximum Gasteiger partial charge on any atom is 0.286 e. The Hall–Kier alpha value is -2.69. The molecule has 2 aromatic heterocycles. The Morgan fingerprint density at radius 2 is 1.89 bits per heavy atom. The van der Waals surface area contributed by atoms with Gasteiger partial charge in [-0.15, -0.1) is 0 Å². The fourth-order valence-corrected chi connectivity index (χ4v) is 2.07. The van der Waals surface area contributed by atoms with Crippen LogP contribution in [-0.4, -0.2) is 14.5 Å². The molecule has 3 rings (SSSR count). The molecule has 0 atom stereocenters. The van der Waals surface area contributed by atoms with Gasteiger partial charge in [-0.1, -0.05) is 30.3 Å². The van der Waals surface area contributed by atoms with Gasteiger partial charge in [0.1, 0.15) is 5.39 Å². The highest BCUT2D eigenvalue weighted by Gasteiger charge is 2.07. The van der Waals surface area contributed by atoms with Crippen LogP contribution in [0, 0.1) is 0 Å². The number of aromatic amines is 1. The van der Waals surface area contributed by atoms with Gasteiger partial charge in [0.25, 0.3) is 11.1 Å². The monoisotopic (exact) mass is 253 g/mol. The smallest absolute Gasteiger partial charge is 0.286 e. The Morgan fingerprint density at radius 3 is 2.68 bits per heavy atom. The molecule has 0 radical (unpaired) electrons. The Kier molecular flexibility index (Phi) is 2.72. The first-order chi connectivity index (χ1) is 9.25. The van der Waals surface area contributed by atoms with E-state index in [1.165, 1.54) is 12.5 Å². The number of hydrogen-bond acceptors (Lipinski definition) is 3. The van der Waals surface area contributed by atoms with Crippen molar-refractivity contribution in [3.05, 3.63) is 75.2 Å². The number of benzene rings is 1. The van der Waals surface area contributed by atoms with Crippen LogP contribution in [0.4, 0.5) is 0 Å². The summed E-state index contributed by atoms with van der Waals surface area (Å²) < 4.78 is 1.79. The van der Waals surface area contributed by atoms with Crippen molar-refractivity contribution in [1.82, 2.24) is 14.5 Å². The average molecular weight is 253 g/mol. The van der Waals surface area contributed by atoms with Gasteiger partial charge in [0, 0.05) is 12.7 Å². The van der Waals surface area contributed by atoms with Crippen LogP contribution in [0.3, 0.4) is 0 Å². The minimum absolute atomic E-state index is 0.0981. The fraction of sp³-hybridized carbons (Fsp3) is 0.0714. The first-order valence-corrected chi connectivity index (χ1v) is 5.86. The molecule has 19 heavy (non-hydrogen) atoms. The van der Waals surface area contributed by atoms with Gasteiger partial charge in [0.2, 0.25) is 0 Å². The van der Waals surface area contributed by atoms with Crippen molar-refractivity contribution in [2.45, 2.75) is 6.54 Å².